The number of nitrogens with one attached hydrogen (secondary N) is 2. The van der Waals surface area contributed by atoms with Crippen LogP contribution in [0.5, 0.6) is 0 Å². The molecular weight excluding hydrogens is 342 g/mol. The van der Waals surface area contributed by atoms with Gasteiger partial charge in [0.2, 0.25) is 0 Å². The predicted octanol–water partition coefficient (Wildman–Crippen LogP) is 2.78. The molecule has 0 aliphatic heterocycles. The molecule has 0 aromatic heterocycles. The summed E-state index contributed by atoms with van der Waals surface area (Å²) in [7, 11) is 0. The number of hydrogen-bond acceptors (Lipinski definition) is 5. The average molecular weight is 360 g/mol. The van der Waals surface area contributed by atoms with E-state index in [1.807, 2.05) is 5.32 Å². The van der Waals surface area contributed by atoms with E-state index in [1.54, 1.807) is 13.8 Å². The van der Waals surface area contributed by atoms with Crippen LogP contribution >= 0.6 is 11.8 Å². The lowest BCUT2D eigenvalue weighted by Crippen LogP contribution is -2.46. The van der Waals surface area contributed by atoms with E-state index in [-0.39, 0.29) is 28.3 Å². The monoisotopic (exact) mass is 360 g/mol. The molecule has 0 saturated carbocycles. The summed E-state index contributed by atoms with van der Waals surface area (Å²) in [4.78, 5) is 35.3. The van der Waals surface area contributed by atoms with Crippen LogP contribution in [0.4, 0.5) is 13.6 Å². The van der Waals surface area contributed by atoms with Crippen molar-refractivity contribution < 1.29 is 27.9 Å². The summed E-state index contributed by atoms with van der Waals surface area (Å²) in [5.41, 5.74) is -0.0749. The van der Waals surface area contributed by atoms with E-state index in [4.69, 9.17) is 4.74 Å². The number of thioether (sulfide) groups is 1. The van der Waals surface area contributed by atoms with Crippen molar-refractivity contribution in [2.75, 3.05) is 0 Å². The Morgan fingerprint density at radius 3 is 2.33 bits per heavy atom. The minimum absolute atomic E-state index is 0.0441. The Morgan fingerprint density at radius 1 is 1.12 bits per heavy atom. The Kier molecular flexibility index (Phi) is 7.63. The van der Waals surface area contributed by atoms with Crippen LogP contribution in [0, 0.1) is 0 Å². The third-order valence-electron chi connectivity index (χ3n) is 2.63. The second-order valence-corrected chi connectivity index (χ2v) is 6.07. The Hall–Kier alpha value is -2.16. The van der Waals surface area contributed by atoms with E-state index in [1.165, 1.54) is 31.2 Å². The zero-order chi connectivity index (χ0) is 18.3. The first-order chi connectivity index (χ1) is 11.2. The van der Waals surface area contributed by atoms with Crippen LogP contribution < -0.4 is 10.6 Å². The van der Waals surface area contributed by atoms with Gasteiger partial charge in [-0.2, -0.15) is 8.78 Å². The molecule has 9 heteroatoms. The summed E-state index contributed by atoms with van der Waals surface area (Å²) in [6.07, 6.45) is -1.26. The number of carbonyl (C=O) groups excluding carboxylic acids is 3. The molecule has 0 bridgehead atoms. The van der Waals surface area contributed by atoms with Crippen LogP contribution in [0.25, 0.3) is 0 Å². The molecule has 0 fully saturated rings. The molecule has 0 aliphatic carbocycles. The largest absolute Gasteiger partial charge is 0.449 e. The zero-order valence-corrected chi connectivity index (χ0v) is 14.2. The first-order valence-electron chi connectivity index (χ1n) is 7.07. The second kappa shape index (κ2) is 9.21. The summed E-state index contributed by atoms with van der Waals surface area (Å²) in [6.45, 7) is 4.70. The van der Waals surface area contributed by atoms with Gasteiger partial charge in [-0.1, -0.05) is 23.9 Å². The van der Waals surface area contributed by atoms with Gasteiger partial charge in [0, 0.05) is 10.9 Å². The van der Waals surface area contributed by atoms with E-state index in [2.05, 4.69) is 5.32 Å². The van der Waals surface area contributed by atoms with Crippen LogP contribution in [0.3, 0.4) is 0 Å². The summed E-state index contributed by atoms with van der Waals surface area (Å²) in [5, 5.41) is 4.47. The highest BCUT2D eigenvalue weighted by atomic mass is 32.2. The number of alkyl halides is 2. The third kappa shape index (κ3) is 6.53. The Labute approximate surface area is 142 Å². The Morgan fingerprint density at radius 2 is 1.75 bits per heavy atom. The fraction of sp³-hybridized carbons (Fsp3) is 0.400. The van der Waals surface area contributed by atoms with Crippen LogP contribution in [-0.4, -0.2) is 35.8 Å². The Balaban J connectivity index is 2.70. The smallest absolute Gasteiger partial charge is 0.340 e. The number of carbonyl (C=O) groups is 3. The number of benzene rings is 1. The maximum absolute atomic E-state index is 12.5. The summed E-state index contributed by atoms with van der Waals surface area (Å²) >= 11 is 0.207. The fourth-order valence-electron chi connectivity index (χ4n) is 1.62. The molecule has 1 atom stereocenters. The molecule has 0 aliphatic rings. The predicted molar refractivity (Wildman–Crippen MR) is 85.0 cm³/mol. The van der Waals surface area contributed by atoms with Gasteiger partial charge in [-0.25, -0.2) is 9.59 Å². The molecule has 2 N–H and O–H groups in total. The SMILES string of the molecule is CC(C)NC(=O)NC(=O)[C@H](C)OC(=O)c1ccccc1SC(F)F. The minimum Gasteiger partial charge on any atom is -0.449 e. The molecule has 0 unspecified atom stereocenters. The van der Waals surface area contributed by atoms with Gasteiger partial charge in [0.05, 0.1) is 5.56 Å². The van der Waals surface area contributed by atoms with E-state index in [0.29, 0.717) is 0 Å². The molecule has 1 aromatic carbocycles. The standard InChI is InChI=1S/C15H18F2N2O4S/c1-8(2)18-15(22)19-12(20)9(3)23-13(21)10-6-4-5-7-11(10)24-14(16)17/h4-9,14H,1-3H3,(H2,18,19,20,22)/t9-/m0/s1. The van der Waals surface area contributed by atoms with Gasteiger partial charge in [0.15, 0.2) is 6.10 Å². The molecule has 1 aromatic rings. The number of imide groups is 1. The van der Waals surface area contributed by atoms with Gasteiger partial charge in [-0.15, -0.1) is 0 Å². The number of amides is 3. The highest BCUT2D eigenvalue weighted by molar-refractivity contribution is 7.99. The van der Waals surface area contributed by atoms with Gasteiger partial charge in [-0.3, -0.25) is 10.1 Å². The first-order valence-corrected chi connectivity index (χ1v) is 7.94. The maximum atomic E-state index is 12.5. The van der Waals surface area contributed by atoms with E-state index in [9.17, 15) is 23.2 Å². The fourth-order valence-corrected chi connectivity index (χ4v) is 2.25. The highest BCUT2D eigenvalue weighted by Gasteiger charge is 2.23. The molecule has 0 spiro atoms. The summed E-state index contributed by atoms with van der Waals surface area (Å²) < 4.78 is 29.9. The quantitative estimate of drug-likeness (QED) is 0.602. The van der Waals surface area contributed by atoms with Crippen molar-refractivity contribution in [3.63, 3.8) is 0 Å². The van der Waals surface area contributed by atoms with Crippen LogP contribution in [0.15, 0.2) is 29.2 Å². The zero-order valence-electron chi connectivity index (χ0n) is 13.3. The summed E-state index contributed by atoms with van der Waals surface area (Å²) in [5.74, 6) is -4.44. The molecule has 0 heterocycles. The normalized spacial score (nSPS) is 12.0. The average Bonchev–Trinajstić information content (AvgIpc) is 2.45. The lowest BCUT2D eigenvalue weighted by molar-refractivity contribution is -0.127. The maximum Gasteiger partial charge on any atom is 0.340 e. The number of urea groups is 1. The number of halogens is 2. The van der Waals surface area contributed by atoms with E-state index >= 15 is 0 Å². The van der Waals surface area contributed by atoms with Crippen molar-refractivity contribution in [2.24, 2.45) is 0 Å². The van der Waals surface area contributed by atoms with Crippen molar-refractivity contribution in [1.29, 1.82) is 0 Å². The number of esters is 1. The van der Waals surface area contributed by atoms with Crippen molar-refractivity contribution in [2.45, 2.75) is 43.6 Å². The third-order valence-corrected chi connectivity index (χ3v) is 3.42. The summed E-state index contributed by atoms with van der Waals surface area (Å²) in [6, 6.07) is 4.79. The molecule has 0 radical (unpaired) electrons. The van der Waals surface area contributed by atoms with Gasteiger partial charge in [0.25, 0.3) is 11.7 Å². The van der Waals surface area contributed by atoms with E-state index in [0.717, 1.165) is 0 Å². The minimum atomic E-state index is -2.69. The van der Waals surface area contributed by atoms with Crippen LogP contribution in [-0.2, 0) is 9.53 Å². The lowest BCUT2D eigenvalue weighted by Gasteiger charge is -2.15. The van der Waals surface area contributed by atoms with Gasteiger partial charge >= 0.3 is 12.0 Å². The molecule has 6 nitrogen and oxygen atoms in total. The molecule has 1 rings (SSSR count). The topological polar surface area (TPSA) is 84.5 Å². The second-order valence-electron chi connectivity index (χ2n) is 5.04. The molecule has 24 heavy (non-hydrogen) atoms. The van der Waals surface area contributed by atoms with Crippen molar-refractivity contribution in [3.8, 4) is 0 Å². The van der Waals surface area contributed by atoms with Crippen molar-refractivity contribution >= 4 is 29.7 Å². The highest BCUT2D eigenvalue weighted by Crippen LogP contribution is 2.28. The Bertz CT molecular complexity index is 611. The van der Waals surface area contributed by atoms with Crippen molar-refractivity contribution in [3.05, 3.63) is 29.8 Å². The molecule has 3 amide bonds. The van der Waals surface area contributed by atoms with Gasteiger partial charge < -0.3 is 10.1 Å². The van der Waals surface area contributed by atoms with E-state index < -0.39 is 29.8 Å². The molecule has 0 saturated heterocycles. The van der Waals surface area contributed by atoms with Gasteiger partial charge in [-0.05, 0) is 32.9 Å². The van der Waals surface area contributed by atoms with Gasteiger partial charge in [0.1, 0.15) is 0 Å². The van der Waals surface area contributed by atoms with Crippen LogP contribution in [0.2, 0.25) is 0 Å². The molecular formula is C15H18F2N2O4S. The first kappa shape index (κ1) is 19.9. The molecule has 132 valence electrons. The van der Waals surface area contributed by atoms with Crippen molar-refractivity contribution in [1.82, 2.24) is 10.6 Å². The number of rotatable bonds is 6. The van der Waals surface area contributed by atoms with Crippen LogP contribution in [0.1, 0.15) is 31.1 Å². The number of ether oxygens (including phenoxy) is 1. The number of hydrogen-bond donors (Lipinski definition) is 2. The lowest BCUT2D eigenvalue weighted by atomic mass is 10.2.